The summed E-state index contributed by atoms with van der Waals surface area (Å²) in [5.74, 6) is 0.477. The van der Waals surface area contributed by atoms with Gasteiger partial charge in [0.2, 0.25) is 0 Å². The highest BCUT2D eigenvalue weighted by molar-refractivity contribution is 5.52. The van der Waals surface area contributed by atoms with Crippen LogP contribution in [0.3, 0.4) is 0 Å². The molecule has 2 aliphatic heterocycles. The third-order valence-electron chi connectivity index (χ3n) is 7.29. The van der Waals surface area contributed by atoms with E-state index in [1.807, 2.05) is 31.2 Å². The number of imidazole rings is 1. The lowest BCUT2D eigenvalue weighted by Gasteiger charge is -2.40. The third kappa shape index (κ3) is 6.04. The average Bonchev–Trinajstić information content (AvgIpc) is 3.37. The van der Waals surface area contributed by atoms with Crippen LogP contribution in [0.5, 0.6) is 11.8 Å². The standard InChI is InChI=1S/C27H30F3N5O4/c1-2-34(21-5-3-19(4-6-21)27(28,29)30)22-11-14-32(15-12-22)20-7-9-23(10-8-20)38-18-24-13-16-33-17-25(35(36)37)31-26(33)39-24/h3-10,17,22,24H,2,11-16,18H2,1H3. The summed E-state index contributed by atoms with van der Waals surface area (Å²) in [5.41, 5.74) is 1.27. The van der Waals surface area contributed by atoms with Gasteiger partial charge < -0.3 is 29.4 Å². The molecule has 12 heteroatoms. The first-order valence-corrected chi connectivity index (χ1v) is 13.0. The van der Waals surface area contributed by atoms with Gasteiger partial charge in [0, 0.05) is 55.0 Å². The van der Waals surface area contributed by atoms with Crippen LogP contribution in [0, 0.1) is 10.1 Å². The number of benzene rings is 2. The molecule has 1 aromatic heterocycles. The normalized spacial score (nSPS) is 17.8. The molecule has 0 radical (unpaired) electrons. The number of aryl methyl sites for hydroxylation is 1. The number of anilines is 2. The van der Waals surface area contributed by atoms with Gasteiger partial charge in [0.1, 0.15) is 24.7 Å². The van der Waals surface area contributed by atoms with Crippen LogP contribution in [-0.4, -0.2) is 52.9 Å². The molecule has 1 fully saturated rings. The molecule has 0 bridgehead atoms. The maximum atomic E-state index is 12.9. The van der Waals surface area contributed by atoms with Gasteiger partial charge in [-0.25, -0.2) is 0 Å². The summed E-state index contributed by atoms with van der Waals surface area (Å²) in [6.45, 7) is 5.33. The number of piperidine rings is 1. The van der Waals surface area contributed by atoms with Crippen molar-refractivity contribution in [3.8, 4) is 11.8 Å². The minimum absolute atomic E-state index is 0.229. The number of fused-ring (bicyclic) bond motifs is 1. The molecule has 3 aromatic rings. The van der Waals surface area contributed by atoms with Crippen molar-refractivity contribution < 1.29 is 27.6 Å². The molecule has 0 saturated carbocycles. The molecule has 2 aromatic carbocycles. The highest BCUT2D eigenvalue weighted by atomic mass is 19.4. The number of halogens is 3. The molecule has 39 heavy (non-hydrogen) atoms. The van der Waals surface area contributed by atoms with Crippen molar-refractivity contribution >= 4 is 17.2 Å². The molecule has 3 heterocycles. The van der Waals surface area contributed by atoms with Gasteiger partial charge in [-0.1, -0.05) is 0 Å². The van der Waals surface area contributed by atoms with E-state index in [0.29, 0.717) is 25.3 Å². The van der Waals surface area contributed by atoms with Gasteiger partial charge in [-0.15, -0.1) is 0 Å². The van der Waals surface area contributed by atoms with Crippen molar-refractivity contribution in [2.24, 2.45) is 0 Å². The predicted molar refractivity (Wildman–Crippen MR) is 140 cm³/mol. The van der Waals surface area contributed by atoms with Crippen molar-refractivity contribution in [1.29, 1.82) is 0 Å². The topological polar surface area (TPSA) is 85.9 Å². The second-order valence-electron chi connectivity index (χ2n) is 9.71. The molecule has 1 unspecified atom stereocenters. The quantitative estimate of drug-likeness (QED) is 0.272. The molecule has 9 nitrogen and oxygen atoms in total. The Hall–Kier alpha value is -3.96. The number of nitro groups is 1. The van der Waals surface area contributed by atoms with E-state index in [0.717, 1.165) is 56.0 Å². The zero-order chi connectivity index (χ0) is 27.6. The fraction of sp³-hybridized carbons (Fsp3) is 0.444. The molecule has 1 atom stereocenters. The van der Waals surface area contributed by atoms with Gasteiger partial charge in [0.25, 0.3) is 0 Å². The number of aromatic nitrogens is 2. The first-order valence-electron chi connectivity index (χ1n) is 13.0. The largest absolute Gasteiger partial charge is 0.490 e. The fourth-order valence-corrected chi connectivity index (χ4v) is 5.21. The van der Waals surface area contributed by atoms with Crippen molar-refractivity contribution in [3.63, 3.8) is 0 Å². The number of ether oxygens (including phenoxy) is 2. The molecule has 0 amide bonds. The summed E-state index contributed by atoms with van der Waals surface area (Å²) in [5, 5.41) is 10.9. The highest BCUT2D eigenvalue weighted by Gasteiger charge is 2.31. The number of alkyl halides is 3. The second kappa shape index (κ2) is 11.0. The van der Waals surface area contributed by atoms with Crippen LogP contribution in [0.2, 0.25) is 0 Å². The maximum Gasteiger partial charge on any atom is 0.416 e. The molecule has 0 aliphatic carbocycles. The van der Waals surface area contributed by atoms with E-state index < -0.39 is 16.7 Å². The summed E-state index contributed by atoms with van der Waals surface area (Å²) in [7, 11) is 0. The van der Waals surface area contributed by atoms with Crippen LogP contribution in [0.25, 0.3) is 0 Å². The van der Waals surface area contributed by atoms with Crippen LogP contribution in [0.15, 0.2) is 54.7 Å². The molecule has 0 spiro atoms. The van der Waals surface area contributed by atoms with E-state index >= 15 is 0 Å². The van der Waals surface area contributed by atoms with Crippen LogP contribution in [-0.2, 0) is 12.7 Å². The van der Waals surface area contributed by atoms with Gasteiger partial charge in [0.15, 0.2) is 0 Å². The summed E-state index contributed by atoms with van der Waals surface area (Å²) in [4.78, 5) is 18.8. The molecule has 2 aliphatic rings. The molecule has 0 N–H and O–H groups in total. The minimum atomic E-state index is -4.33. The van der Waals surface area contributed by atoms with Crippen LogP contribution >= 0.6 is 0 Å². The Bertz CT molecular complexity index is 1270. The first kappa shape index (κ1) is 26.6. The zero-order valence-corrected chi connectivity index (χ0v) is 21.5. The smallest absolute Gasteiger partial charge is 0.416 e. The van der Waals surface area contributed by atoms with Crippen molar-refractivity contribution in [2.45, 2.75) is 51.1 Å². The number of nitrogens with zero attached hydrogens (tertiary/aromatic N) is 5. The summed E-state index contributed by atoms with van der Waals surface area (Å²) in [6, 6.07) is 13.8. The second-order valence-corrected chi connectivity index (χ2v) is 9.71. The number of hydrogen-bond acceptors (Lipinski definition) is 7. The van der Waals surface area contributed by atoms with Crippen LogP contribution < -0.4 is 19.3 Å². The highest BCUT2D eigenvalue weighted by Crippen LogP contribution is 2.32. The molecular formula is C27H30F3N5O4. The van der Waals surface area contributed by atoms with Gasteiger partial charge in [-0.3, -0.25) is 4.57 Å². The molecule has 1 saturated heterocycles. The average molecular weight is 546 g/mol. The maximum absolute atomic E-state index is 12.9. The summed E-state index contributed by atoms with van der Waals surface area (Å²) < 4.78 is 52.1. The van der Waals surface area contributed by atoms with Crippen molar-refractivity contribution in [2.75, 3.05) is 36.0 Å². The minimum Gasteiger partial charge on any atom is -0.490 e. The lowest BCUT2D eigenvalue weighted by atomic mass is 10.0. The van der Waals surface area contributed by atoms with E-state index in [1.54, 1.807) is 16.7 Å². The van der Waals surface area contributed by atoms with Crippen LogP contribution in [0.4, 0.5) is 30.4 Å². The predicted octanol–water partition coefficient (Wildman–Crippen LogP) is 5.54. The van der Waals surface area contributed by atoms with Gasteiger partial charge in [-0.2, -0.15) is 13.2 Å². The number of hydrogen-bond donors (Lipinski definition) is 0. The SMILES string of the molecule is CCN(c1ccc(C(F)(F)F)cc1)C1CCN(c2ccc(OCC3CCn4cc([N+](=O)[O-])nc4O3)cc2)CC1. The lowest BCUT2D eigenvalue weighted by molar-refractivity contribution is -0.389. The Balaban J connectivity index is 1.11. The van der Waals surface area contributed by atoms with Crippen LogP contribution in [0.1, 0.15) is 31.7 Å². The first-order chi connectivity index (χ1) is 18.7. The van der Waals surface area contributed by atoms with Crippen molar-refractivity contribution in [1.82, 2.24) is 9.55 Å². The Kier molecular flexibility index (Phi) is 7.53. The van der Waals surface area contributed by atoms with Gasteiger partial charge in [-0.05, 0) is 73.2 Å². The van der Waals surface area contributed by atoms with E-state index in [-0.39, 0.29) is 24.0 Å². The third-order valence-corrected chi connectivity index (χ3v) is 7.29. The Morgan fingerprint density at radius 3 is 2.38 bits per heavy atom. The molecule has 5 rings (SSSR count). The van der Waals surface area contributed by atoms with E-state index in [1.165, 1.54) is 6.20 Å². The van der Waals surface area contributed by atoms with E-state index in [4.69, 9.17) is 9.47 Å². The molecular weight excluding hydrogens is 515 g/mol. The monoisotopic (exact) mass is 545 g/mol. The summed E-state index contributed by atoms with van der Waals surface area (Å²) in [6.07, 6.45) is -0.734. The Morgan fingerprint density at radius 1 is 1.08 bits per heavy atom. The van der Waals surface area contributed by atoms with Crippen molar-refractivity contribution in [3.05, 3.63) is 70.4 Å². The fourth-order valence-electron chi connectivity index (χ4n) is 5.21. The Morgan fingerprint density at radius 2 is 1.77 bits per heavy atom. The van der Waals surface area contributed by atoms with E-state index in [2.05, 4.69) is 14.8 Å². The zero-order valence-electron chi connectivity index (χ0n) is 21.5. The van der Waals surface area contributed by atoms with Gasteiger partial charge in [0.05, 0.1) is 5.56 Å². The summed E-state index contributed by atoms with van der Waals surface area (Å²) >= 11 is 0. The lowest BCUT2D eigenvalue weighted by Crippen LogP contribution is -2.45. The van der Waals surface area contributed by atoms with E-state index in [9.17, 15) is 23.3 Å². The van der Waals surface area contributed by atoms with Gasteiger partial charge >= 0.3 is 18.0 Å². The molecule has 208 valence electrons. The number of rotatable bonds is 8. The Labute approximate surface area is 223 Å².